The zero-order valence-electron chi connectivity index (χ0n) is 7.54. The molecule has 0 aliphatic heterocycles. The highest BCUT2D eigenvalue weighted by molar-refractivity contribution is 5.67. The lowest BCUT2D eigenvalue weighted by molar-refractivity contribution is 0.858. The first-order valence-electron chi connectivity index (χ1n) is 4.33. The molecule has 0 bridgehead atoms. The summed E-state index contributed by atoms with van der Waals surface area (Å²) in [5.74, 6) is 0. The molecule has 3 heteroatoms. The summed E-state index contributed by atoms with van der Waals surface area (Å²) in [4.78, 5) is 0. The summed E-state index contributed by atoms with van der Waals surface area (Å²) in [6.07, 6.45) is 5.52. The normalized spacial score (nSPS) is 10.6. The van der Waals surface area contributed by atoms with Crippen LogP contribution in [0.4, 0.5) is 0 Å². The van der Waals surface area contributed by atoms with Gasteiger partial charge in [0.2, 0.25) is 0 Å². The summed E-state index contributed by atoms with van der Waals surface area (Å²) in [7, 11) is 0. The smallest absolute Gasteiger partial charge is 0.0891 e. The number of hydrogen-bond donors (Lipinski definition) is 0. The van der Waals surface area contributed by atoms with E-state index in [9.17, 15) is 0 Å². The van der Waals surface area contributed by atoms with E-state index in [1.807, 2.05) is 48.6 Å². The second kappa shape index (κ2) is 4.28. The third-order valence-electron chi connectivity index (χ3n) is 1.77. The molecule has 14 heavy (non-hydrogen) atoms. The zero-order chi connectivity index (χ0) is 9.64. The molecule has 0 aliphatic rings. The minimum Gasteiger partial charge on any atom is -0.139 e. The monoisotopic (exact) mass is 183 g/mol. The molecular formula is C11H9N3. The van der Waals surface area contributed by atoms with Crippen molar-refractivity contribution in [2.45, 2.75) is 0 Å². The molecule has 0 aliphatic carbocycles. The highest BCUT2D eigenvalue weighted by Gasteiger charge is 1.87. The Morgan fingerprint density at radius 2 is 1.79 bits per heavy atom. The van der Waals surface area contributed by atoms with Crippen molar-refractivity contribution in [3.63, 3.8) is 0 Å². The molecule has 0 amide bonds. The summed E-state index contributed by atoms with van der Waals surface area (Å²) in [6, 6.07) is 11.9. The third-order valence-corrected chi connectivity index (χ3v) is 1.77. The van der Waals surface area contributed by atoms with E-state index in [0.29, 0.717) is 0 Å². The Morgan fingerprint density at radius 1 is 0.929 bits per heavy atom. The predicted molar refractivity (Wildman–Crippen MR) is 55.2 cm³/mol. The number of rotatable bonds is 2. The number of nitrogens with zero attached hydrogens (tertiary/aromatic N) is 3. The second-order valence-electron chi connectivity index (χ2n) is 2.79. The lowest BCUT2D eigenvalue weighted by Gasteiger charge is -1.90. The van der Waals surface area contributed by atoms with Crippen LogP contribution in [0.1, 0.15) is 11.3 Å². The molecule has 1 aromatic carbocycles. The van der Waals surface area contributed by atoms with Crippen LogP contribution < -0.4 is 0 Å². The van der Waals surface area contributed by atoms with E-state index in [2.05, 4.69) is 15.4 Å². The molecule has 0 fully saturated rings. The first kappa shape index (κ1) is 8.56. The summed E-state index contributed by atoms with van der Waals surface area (Å²) in [6.45, 7) is 0. The quantitative estimate of drug-likeness (QED) is 0.715. The van der Waals surface area contributed by atoms with E-state index < -0.39 is 0 Å². The molecular weight excluding hydrogens is 174 g/mol. The Labute approximate surface area is 82.1 Å². The molecule has 0 saturated carbocycles. The standard InChI is InChI=1S/C11H9N3/c1-2-4-10(5-3-1)6-7-11-8-9-12-14-13-11/h1-9H. The summed E-state index contributed by atoms with van der Waals surface area (Å²) in [5, 5.41) is 11.0. The molecule has 3 nitrogen and oxygen atoms in total. The van der Waals surface area contributed by atoms with Crippen LogP contribution >= 0.6 is 0 Å². The first-order chi connectivity index (χ1) is 6.95. The average Bonchev–Trinajstić information content (AvgIpc) is 2.29. The molecule has 1 heterocycles. The van der Waals surface area contributed by atoms with Gasteiger partial charge in [0.15, 0.2) is 0 Å². The topological polar surface area (TPSA) is 38.7 Å². The minimum atomic E-state index is 0.809. The van der Waals surface area contributed by atoms with E-state index in [1.54, 1.807) is 6.20 Å². The van der Waals surface area contributed by atoms with Gasteiger partial charge < -0.3 is 0 Å². The molecule has 0 unspecified atom stereocenters. The van der Waals surface area contributed by atoms with Crippen molar-refractivity contribution in [3.8, 4) is 0 Å². The van der Waals surface area contributed by atoms with Gasteiger partial charge in [0, 0.05) is 0 Å². The van der Waals surface area contributed by atoms with Crippen molar-refractivity contribution in [3.05, 3.63) is 53.9 Å². The van der Waals surface area contributed by atoms with Gasteiger partial charge in [-0.3, -0.25) is 0 Å². The van der Waals surface area contributed by atoms with Gasteiger partial charge in [-0.05, 0) is 22.9 Å². The summed E-state index contributed by atoms with van der Waals surface area (Å²) in [5.41, 5.74) is 1.95. The Morgan fingerprint density at radius 3 is 2.50 bits per heavy atom. The fourth-order valence-electron chi connectivity index (χ4n) is 1.08. The lowest BCUT2D eigenvalue weighted by Crippen LogP contribution is -1.86. The summed E-state index contributed by atoms with van der Waals surface area (Å²) >= 11 is 0. The minimum absolute atomic E-state index is 0.809. The Hall–Kier alpha value is -2.03. The highest BCUT2D eigenvalue weighted by atomic mass is 15.3. The molecule has 0 radical (unpaired) electrons. The number of benzene rings is 1. The molecule has 0 saturated heterocycles. The molecule has 2 rings (SSSR count). The van der Waals surface area contributed by atoms with Crippen molar-refractivity contribution in [1.29, 1.82) is 0 Å². The second-order valence-corrected chi connectivity index (χ2v) is 2.79. The fourth-order valence-corrected chi connectivity index (χ4v) is 1.08. The van der Waals surface area contributed by atoms with Crippen LogP contribution in [-0.2, 0) is 0 Å². The molecule has 1 aromatic heterocycles. The SMILES string of the molecule is C(=Cc1ccnnn1)c1ccccc1. The predicted octanol–water partition coefficient (Wildman–Crippen LogP) is 2.04. The van der Waals surface area contributed by atoms with Gasteiger partial charge in [0.1, 0.15) is 0 Å². The van der Waals surface area contributed by atoms with Crippen LogP contribution in [0.3, 0.4) is 0 Å². The van der Waals surface area contributed by atoms with Crippen LogP contribution in [0.25, 0.3) is 12.2 Å². The third kappa shape index (κ3) is 2.23. The Bertz CT molecular complexity index is 368. The van der Waals surface area contributed by atoms with Crippen LogP contribution in [-0.4, -0.2) is 15.4 Å². The largest absolute Gasteiger partial charge is 0.139 e. The maximum Gasteiger partial charge on any atom is 0.0891 e. The number of aromatic nitrogens is 3. The van der Waals surface area contributed by atoms with Crippen LogP contribution in [0, 0.1) is 0 Å². The molecule has 2 aromatic rings. The zero-order valence-corrected chi connectivity index (χ0v) is 7.54. The van der Waals surface area contributed by atoms with E-state index in [-0.39, 0.29) is 0 Å². The van der Waals surface area contributed by atoms with Crippen LogP contribution in [0.2, 0.25) is 0 Å². The van der Waals surface area contributed by atoms with Crippen LogP contribution in [0.15, 0.2) is 42.6 Å². The van der Waals surface area contributed by atoms with Gasteiger partial charge in [-0.2, -0.15) is 0 Å². The van der Waals surface area contributed by atoms with E-state index >= 15 is 0 Å². The lowest BCUT2D eigenvalue weighted by atomic mass is 10.2. The molecule has 0 N–H and O–H groups in total. The van der Waals surface area contributed by atoms with Gasteiger partial charge in [-0.25, -0.2) is 0 Å². The molecule has 0 spiro atoms. The maximum absolute atomic E-state index is 3.85. The highest BCUT2D eigenvalue weighted by Crippen LogP contribution is 2.04. The fraction of sp³-hybridized carbons (Fsp3) is 0. The van der Waals surface area contributed by atoms with Gasteiger partial charge >= 0.3 is 0 Å². The molecule has 0 atom stereocenters. The maximum atomic E-state index is 3.85. The number of hydrogen-bond acceptors (Lipinski definition) is 3. The van der Waals surface area contributed by atoms with Gasteiger partial charge in [-0.15, -0.1) is 10.2 Å². The van der Waals surface area contributed by atoms with Gasteiger partial charge in [0.05, 0.1) is 11.9 Å². The first-order valence-corrected chi connectivity index (χ1v) is 4.33. The van der Waals surface area contributed by atoms with E-state index in [1.165, 1.54) is 0 Å². The van der Waals surface area contributed by atoms with Crippen molar-refractivity contribution < 1.29 is 0 Å². The van der Waals surface area contributed by atoms with Gasteiger partial charge in [0.25, 0.3) is 0 Å². The Kier molecular flexibility index (Phi) is 2.62. The van der Waals surface area contributed by atoms with Crippen molar-refractivity contribution in [2.75, 3.05) is 0 Å². The van der Waals surface area contributed by atoms with E-state index in [4.69, 9.17) is 0 Å². The van der Waals surface area contributed by atoms with Crippen molar-refractivity contribution in [1.82, 2.24) is 15.4 Å². The summed E-state index contributed by atoms with van der Waals surface area (Å²) < 4.78 is 0. The van der Waals surface area contributed by atoms with Crippen molar-refractivity contribution >= 4 is 12.2 Å². The van der Waals surface area contributed by atoms with Crippen molar-refractivity contribution in [2.24, 2.45) is 0 Å². The van der Waals surface area contributed by atoms with E-state index in [0.717, 1.165) is 11.3 Å². The van der Waals surface area contributed by atoms with Gasteiger partial charge in [-0.1, -0.05) is 36.4 Å². The molecule has 68 valence electrons. The average molecular weight is 183 g/mol. The van der Waals surface area contributed by atoms with Crippen LogP contribution in [0.5, 0.6) is 0 Å². The Balaban J connectivity index is 2.16.